The summed E-state index contributed by atoms with van der Waals surface area (Å²) in [5.74, 6) is 0. The lowest BCUT2D eigenvalue weighted by molar-refractivity contribution is -0.769. The van der Waals surface area contributed by atoms with Crippen LogP contribution in [-0.4, -0.2) is 78.7 Å². The second-order valence-electron chi connectivity index (χ2n) is 7.02. The molecule has 0 saturated carbocycles. The van der Waals surface area contributed by atoms with E-state index in [1.165, 1.54) is 4.70 Å². The molecule has 3 saturated heterocycles. The predicted octanol–water partition coefficient (Wildman–Crippen LogP) is 1.16. The van der Waals surface area contributed by atoms with Crippen LogP contribution in [0.4, 0.5) is 5.13 Å². The zero-order valence-corrected chi connectivity index (χ0v) is 15.4. The van der Waals surface area contributed by atoms with Crippen LogP contribution < -0.4 is 4.90 Å². The molecule has 1 aromatic heterocycles. The van der Waals surface area contributed by atoms with Crippen LogP contribution in [0.2, 0.25) is 0 Å². The first-order valence-corrected chi connectivity index (χ1v) is 9.89. The highest BCUT2D eigenvalue weighted by atomic mass is 32.1. The fourth-order valence-electron chi connectivity index (χ4n) is 4.20. The van der Waals surface area contributed by atoms with Crippen LogP contribution in [0, 0.1) is 10.1 Å². The predicted molar refractivity (Wildman–Crippen MR) is 98.5 cm³/mol. The van der Waals surface area contributed by atoms with Crippen molar-refractivity contribution in [2.45, 2.75) is 24.4 Å². The van der Waals surface area contributed by atoms with Gasteiger partial charge < -0.3 is 19.2 Å². The number of piperazine rings is 1. The summed E-state index contributed by atoms with van der Waals surface area (Å²) in [6, 6.07) is 8.31. The lowest BCUT2D eigenvalue weighted by atomic mass is 10.1. The van der Waals surface area contributed by atoms with Gasteiger partial charge in [-0.15, -0.1) is 10.1 Å². The van der Waals surface area contributed by atoms with Gasteiger partial charge in [-0.1, -0.05) is 23.5 Å². The maximum absolute atomic E-state index is 10.6. The Hall–Kier alpha value is -2.01. The molecule has 10 heteroatoms. The summed E-state index contributed by atoms with van der Waals surface area (Å²) >= 11 is 1.73. The molecule has 0 spiro atoms. The maximum Gasteiger partial charge on any atom is 0.294 e. The second kappa shape index (κ2) is 6.86. The number of hydrogen-bond acceptors (Lipinski definition) is 9. The van der Waals surface area contributed by atoms with E-state index < -0.39 is 11.2 Å². The van der Waals surface area contributed by atoms with Crippen molar-refractivity contribution in [2.75, 3.05) is 44.3 Å². The SMILES string of the molecule is O=[N+]([O-])O[C@H]1CO[C@H]2[C@@H]1OC[C@@H]2N1CCN(c2nc3ccccc3s2)CC1. The van der Waals surface area contributed by atoms with Crippen LogP contribution >= 0.6 is 11.3 Å². The van der Waals surface area contributed by atoms with Gasteiger partial charge in [-0.3, -0.25) is 4.90 Å². The summed E-state index contributed by atoms with van der Waals surface area (Å²) in [6.07, 6.45) is -1.15. The van der Waals surface area contributed by atoms with Gasteiger partial charge in [-0.25, -0.2) is 4.98 Å². The first kappa shape index (κ1) is 17.1. The van der Waals surface area contributed by atoms with Crippen LogP contribution in [0.1, 0.15) is 0 Å². The number of aromatic nitrogens is 1. The van der Waals surface area contributed by atoms with Crippen molar-refractivity contribution in [3.05, 3.63) is 34.4 Å². The summed E-state index contributed by atoms with van der Waals surface area (Å²) in [6.45, 7) is 4.28. The molecular formula is C17H20N4O5S. The Morgan fingerprint density at radius 1 is 1.15 bits per heavy atom. The molecule has 3 aliphatic heterocycles. The van der Waals surface area contributed by atoms with E-state index in [9.17, 15) is 10.1 Å². The molecular weight excluding hydrogens is 372 g/mol. The first-order valence-electron chi connectivity index (χ1n) is 9.08. The summed E-state index contributed by atoms with van der Waals surface area (Å²) < 4.78 is 12.8. The number of thiazole rings is 1. The molecule has 3 fully saturated rings. The van der Waals surface area contributed by atoms with Crippen LogP contribution in [0.15, 0.2) is 24.3 Å². The zero-order chi connectivity index (χ0) is 18.4. The summed E-state index contributed by atoms with van der Waals surface area (Å²) in [7, 11) is 0. The van der Waals surface area contributed by atoms with E-state index in [0.717, 1.165) is 36.8 Å². The lowest BCUT2D eigenvalue weighted by Gasteiger charge is -2.38. The fraction of sp³-hybridized carbons (Fsp3) is 0.588. The second-order valence-corrected chi connectivity index (χ2v) is 8.03. The van der Waals surface area contributed by atoms with Crippen molar-refractivity contribution in [3.63, 3.8) is 0 Å². The normalized spacial score (nSPS) is 31.3. The van der Waals surface area contributed by atoms with Gasteiger partial charge in [0.2, 0.25) is 0 Å². The number of hydrogen-bond donors (Lipinski definition) is 0. The molecule has 3 aliphatic rings. The van der Waals surface area contributed by atoms with E-state index in [1.807, 2.05) is 18.2 Å². The van der Waals surface area contributed by atoms with E-state index in [1.54, 1.807) is 11.3 Å². The maximum atomic E-state index is 10.6. The van der Waals surface area contributed by atoms with Gasteiger partial charge >= 0.3 is 0 Å². The highest BCUT2D eigenvalue weighted by molar-refractivity contribution is 7.22. The highest BCUT2D eigenvalue weighted by Crippen LogP contribution is 2.33. The Kier molecular flexibility index (Phi) is 4.35. The number of ether oxygens (including phenoxy) is 2. The standard InChI is InChI=1S/C17H20N4O5S/c22-21(23)26-13-10-25-15-12(9-24-16(13)15)19-5-7-20(8-6-19)17-18-11-3-1-2-4-14(11)27-17/h1-4,12-13,15-16H,5-10H2/t12-,13-,15+,16+/m0/s1. The molecule has 4 heterocycles. The molecule has 2 aromatic rings. The monoisotopic (exact) mass is 392 g/mol. The van der Waals surface area contributed by atoms with Gasteiger partial charge in [0, 0.05) is 26.2 Å². The Labute approximate surface area is 159 Å². The highest BCUT2D eigenvalue weighted by Gasteiger charge is 2.51. The Balaban J connectivity index is 1.22. The third kappa shape index (κ3) is 3.12. The molecule has 0 amide bonds. The van der Waals surface area contributed by atoms with Crippen molar-refractivity contribution in [2.24, 2.45) is 0 Å². The van der Waals surface area contributed by atoms with Crippen molar-refractivity contribution in [1.29, 1.82) is 0 Å². The number of para-hydroxylation sites is 1. The Morgan fingerprint density at radius 2 is 1.93 bits per heavy atom. The quantitative estimate of drug-likeness (QED) is 0.566. The van der Waals surface area contributed by atoms with Gasteiger partial charge in [-0.05, 0) is 12.1 Å². The van der Waals surface area contributed by atoms with E-state index in [4.69, 9.17) is 19.3 Å². The van der Waals surface area contributed by atoms with Crippen molar-refractivity contribution in [3.8, 4) is 0 Å². The first-order chi connectivity index (χ1) is 13.2. The fourth-order valence-corrected chi connectivity index (χ4v) is 5.22. The third-order valence-corrected chi connectivity index (χ3v) is 6.64. The van der Waals surface area contributed by atoms with Crippen LogP contribution in [0.3, 0.4) is 0 Å². The third-order valence-electron chi connectivity index (χ3n) is 5.54. The molecule has 0 unspecified atom stereocenters. The zero-order valence-electron chi connectivity index (χ0n) is 14.6. The van der Waals surface area contributed by atoms with E-state index in [2.05, 4.69) is 15.9 Å². The largest absolute Gasteiger partial charge is 0.371 e. The number of anilines is 1. The minimum Gasteiger partial charge on any atom is -0.371 e. The average molecular weight is 392 g/mol. The summed E-state index contributed by atoms with van der Waals surface area (Å²) in [5.41, 5.74) is 1.04. The van der Waals surface area contributed by atoms with Crippen LogP contribution in [-0.2, 0) is 14.3 Å². The molecule has 0 N–H and O–H groups in total. The Bertz CT molecular complexity index is 807. The van der Waals surface area contributed by atoms with Crippen molar-refractivity contribution in [1.82, 2.24) is 9.88 Å². The molecule has 0 bridgehead atoms. The van der Waals surface area contributed by atoms with Crippen LogP contribution in [0.25, 0.3) is 10.2 Å². The van der Waals surface area contributed by atoms with E-state index >= 15 is 0 Å². The van der Waals surface area contributed by atoms with Gasteiger partial charge in [0.05, 0.1) is 29.5 Å². The minimum absolute atomic E-state index is 0.118. The average Bonchev–Trinajstić information content (AvgIpc) is 3.37. The topological polar surface area (TPSA) is 90.2 Å². The summed E-state index contributed by atoms with van der Waals surface area (Å²) in [5, 5.41) is 10.9. The lowest BCUT2D eigenvalue weighted by Crippen LogP contribution is -2.54. The van der Waals surface area contributed by atoms with Gasteiger partial charge in [0.15, 0.2) is 11.2 Å². The molecule has 9 nitrogen and oxygen atoms in total. The number of rotatable bonds is 4. The molecule has 4 atom stereocenters. The van der Waals surface area contributed by atoms with Crippen LogP contribution in [0.5, 0.6) is 0 Å². The van der Waals surface area contributed by atoms with E-state index in [-0.39, 0.29) is 24.9 Å². The van der Waals surface area contributed by atoms with Gasteiger partial charge in [-0.2, -0.15) is 0 Å². The minimum atomic E-state index is -0.760. The molecule has 0 aliphatic carbocycles. The van der Waals surface area contributed by atoms with Gasteiger partial charge in [0.25, 0.3) is 5.09 Å². The van der Waals surface area contributed by atoms with Gasteiger partial charge in [0.1, 0.15) is 12.2 Å². The molecule has 144 valence electrons. The smallest absolute Gasteiger partial charge is 0.294 e. The molecule has 5 rings (SSSR count). The number of benzene rings is 1. The molecule has 1 aromatic carbocycles. The van der Waals surface area contributed by atoms with Crippen molar-refractivity contribution < 1.29 is 19.4 Å². The number of fused-ring (bicyclic) bond motifs is 2. The Morgan fingerprint density at radius 3 is 2.70 bits per heavy atom. The molecule has 0 radical (unpaired) electrons. The van der Waals surface area contributed by atoms with Crippen molar-refractivity contribution >= 4 is 26.7 Å². The van der Waals surface area contributed by atoms with E-state index in [0.29, 0.717) is 6.61 Å². The molecule has 27 heavy (non-hydrogen) atoms. The number of nitrogens with zero attached hydrogens (tertiary/aromatic N) is 4. The summed E-state index contributed by atoms with van der Waals surface area (Å²) in [4.78, 5) is 24.7.